The van der Waals surface area contributed by atoms with Gasteiger partial charge in [-0.15, -0.1) is 24.0 Å². The number of rotatable bonds is 6. The fourth-order valence-corrected chi connectivity index (χ4v) is 3.31. The molecule has 1 heterocycles. The summed E-state index contributed by atoms with van der Waals surface area (Å²) in [6.45, 7) is 11.6. The highest BCUT2D eigenvalue weighted by Gasteiger charge is 2.12. The highest BCUT2D eigenvalue weighted by atomic mass is 127. The van der Waals surface area contributed by atoms with E-state index in [2.05, 4.69) is 77.5 Å². The first-order valence-corrected chi connectivity index (χ1v) is 9.90. The van der Waals surface area contributed by atoms with Gasteiger partial charge in [-0.2, -0.15) is 0 Å². The zero-order valence-corrected chi connectivity index (χ0v) is 20.0. The number of anilines is 1. The summed E-state index contributed by atoms with van der Waals surface area (Å²) in [5.41, 5.74) is 2.81. The fraction of sp³-hybridized carbons (Fsp3) is 0.667. The molecule has 27 heavy (non-hydrogen) atoms. The fourth-order valence-electron chi connectivity index (χ4n) is 3.31. The molecule has 0 aliphatic carbocycles. The Morgan fingerprint density at radius 2 is 1.70 bits per heavy atom. The SMILES string of the molecule is CN=C(NCCNC(C)(C)C)N(C)Cc1ccc(N2CCCCC2)cc1.I. The molecule has 6 heteroatoms. The molecule has 0 unspecified atom stereocenters. The minimum atomic E-state index is 0. The second-order valence-corrected chi connectivity index (χ2v) is 8.22. The molecule has 0 aromatic heterocycles. The molecule has 1 aliphatic rings. The summed E-state index contributed by atoms with van der Waals surface area (Å²) in [6, 6.07) is 9.01. The van der Waals surface area contributed by atoms with Gasteiger partial charge >= 0.3 is 0 Å². The van der Waals surface area contributed by atoms with Crippen LogP contribution in [-0.2, 0) is 6.54 Å². The molecule has 2 rings (SSSR count). The van der Waals surface area contributed by atoms with Crippen molar-refractivity contribution in [3.05, 3.63) is 29.8 Å². The lowest BCUT2D eigenvalue weighted by Gasteiger charge is -2.29. The maximum atomic E-state index is 4.40. The molecule has 5 nitrogen and oxygen atoms in total. The molecule has 1 saturated heterocycles. The molecule has 0 atom stereocenters. The van der Waals surface area contributed by atoms with Crippen molar-refractivity contribution in [1.82, 2.24) is 15.5 Å². The van der Waals surface area contributed by atoms with Crippen LogP contribution in [0.4, 0.5) is 5.69 Å². The predicted octanol–water partition coefficient (Wildman–Crippen LogP) is 3.69. The van der Waals surface area contributed by atoms with Crippen LogP contribution in [-0.4, -0.2) is 56.7 Å². The zero-order chi connectivity index (χ0) is 19.0. The number of piperidine rings is 1. The minimum Gasteiger partial charge on any atom is -0.372 e. The van der Waals surface area contributed by atoms with E-state index >= 15 is 0 Å². The Bertz CT molecular complexity index is 559. The molecule has 154 valence electrons. The van der Waals surface area contributed by atoms with Crippen LogP contribution in [0.25, 0.3) is 0 Å². The summed E-state index contributed by atoms with van der Waals surface area (Å²) in [7, 11) is 3.93. The molecule has 0 bridgehead atoms. The third-order valence-electron chi connectivity index (χ3n) is 4.71. The van der Waals surface area contributed by atoms with Crippen LogP contribution in [0.1, 0.15) is 45.6 Å². The average molecular weight is 487 g/mol. The van der Waals surface area contributed by atoms with Gasteiger partial charge in [0.15, 0.2) is 5.96 Å². The Hall–Kier alpha value is -1.02. The zero-order valence-electron chi connectivity index (χ0n) is 17.7. The third-order valence-corrected chi connectivity index (χ3v) is 4.71. The van der Waals surface area contributed by atoms with E-state index in [1.165, 1.54) is 43.6 Å². The van der Waals surface area contributed by atoms with Crippen molar-refractivity contribution in [2.45, 2.75) is 52.1 Å². The van der Waals surface area contributed by atoms with E-state index in [0.717, 1.165) is 25.6 Å². The van der Waals surface area contributed by atoms with Crippen LogP contribution in [0.5, 0.6) is 0 Å². The summed E-state index contributed by atoms with van der Waals surface area (Å²) >= 11 is 0. The summed E-state index contributed by atoms with van der Waals surface area (Å²) in [5.74, 6) is 0.931. The number of guanidine groups is 1. The minimum absolute atomic E-state index is 0. The Morgan fingerprint density at radius 3 is 2.26 bits per heavy atom. The highest BCUT2D eigenvalue weighted by Crippen LogP contribution is 2.20. The first-order valence-electron chi connectivity index (χ1n) is 9.90. The number of nitrogens with zero attached hydrogens (tertiary/aromatic N) is 3. The molecule has 0 radical (unpaired) electrons. The molecule has 1 aromatic rings. The van der Waals surface area contributed by atoms with Crippen LogP contribution < -0.4 is 15.5 Å². The van der Waals surface area contributed by atoms with Crippen LogP contribution in [0.3, 0.4) is 0 Å². The number of hydrogen-bond donors (Lipinski definition) is 2. The lowest BCUT2D eigenvalue weighted by Crippen LogP contribution is -2.44. The molecule has 1 aromatic carbocycles. The molecular weight excluding hydrogens is 449 g/mol. The van der Waals surface area contributed by atoms with E-state index < -0.39 is 0 Å². The van der Waals surface area contributed by atoms with Gasteiger partial charge in [-0.05, 0) is 57.7 Å². The van der Waals surface area contributed by atoms with Gasteiger partial charge in [0.25, 0.3) is 0 Å². The summed E-state index contributed by atoms with van der Waals surface area (Å²) in [6.07, 6.45) is 4.00. The van der Waals surface area contributed by atoms with Crippen LogP contribution in [0.15, 0.2) is 29.3 Å². The monoisotopic (exact) mass is 487 g/mol. The van der Waals surface area contributed by atoms with Gasteiger partial charge in [-0.25, -0.2) is 0 Å². The molecule has 1 aliphatic heterocycles. The van der Waals surface area contributed by atoms with E-state index in [1.54, 1.807) is 0 Å². The number of nitrogens with one attached hydrogen (secondary N) is 2. The number of aliphatic imine (C=N–C) groups is 1. The van der Waals surface area contributed by atoms with E-state index in [9.17, 15) is 0 Å². The summed E-state index contributed by atoms with van der Waals surface area (Å²) < 4.78 is 0. The van der Waals surface area contributed by atoms with Gasteiger partial charge in [0.2, 0.25) is 0 Å². The Labute approximate surface area is 183 Å². The van der Waals surface area contributed by atoms with E-state index in [1.807, 2.05) is 7.05 Å². The van der Waals surface area contributed by atoms with Gasteiger partial charge in [0.1, 0.15) is 0 Å². The first kappa shape index (κ1) is 24.0. The van der Waals surface area contributed by atoms with Crippen molar-refractivity contribution in [2.24, 2.45) is 4.99 Å². The Morgan fingerprint density at radius 1 is 1.07 bits per heavy atom. The van der Waals surface area contributed by atoms with E-state index in [-0.39, 0.29) is 29.5 Å². The van der Waals surface area contributed by atoms with Crippen molar-refractivity contribution in [3.8, 4) is 0 Å². The lowest BCUT2D eigenvalue weighted by molar-refractivity contribution is 0.422. The van der Waals surface area contributed by atoms with Crippen molar-refractivity contribution in [2.75, 3.05) is 45.2 Å². The second kappa shape index (κ2) is 11.7. The van der Waals surface area contributed by atoms with Crippen LogP contribution >= 0.6 is 24.0 Å². The average Bonchev–Trinajstić information content (AvgIpc) is 2.62. The van der Waals surface area contributed by atoms with E-state index in [0.29, 0.717) is 0 Å². The highest BCUT2D eigenvalue weighted by molar-refractivity contribution is 14.0. The quantitative estimate of drug-likeness (QED) is 0.278. The topological polar surface area (TPSA) is 42.9 Å². The van der Waals surface area contributed by atoms with Crippen molar-refractivity contribution < 1.29 is 0 Å². The lowest BCUT2D eigenvalue weighted by atomic mass is 10.1. The maximum absolute atomic E-state index is 4.40. The largest absolute Gasteiger partial charge is 0.372 e. The van der Waals surface area contributed by atoms with Crippen LogP contribution in [0, 0.1) is 0 Å². The second-order valence-electron chi connectivity index (χ2n) is 8.22. The number of hydrogen-bond acceptors (Lipinski definition) is 3. The van der Waals surface area contributed by atoms with Gasteiger partial charge in [-0.1, -0.05) is 12.1 Å². The molecule has 0 saturated carbocycles. The van der Waals surface area contributed by atoms with Gasteiger partial charge in [0.05, 0.1) is 0 Å². The molecular formula is C21H38IN5. The molecule has 1 fully saturated rings. The molecule has 0 amide bonds. The summed E-state index contributed by atoms with van der Waals surface area (Å²) in [5, 5.41) is 6.92. The first-order chi connectivity index (χ1) is 12.4. The molecule has 2 N–H and O–H groups in total. The van der Waals surface area contributed by atoms with Gasteiger partial charge in [0, 0.05) is 58.0 Å². The smallest absolute Gasteiger partial charge is 0.193 e. The van der Waals surface area contributed by atoms with E-state index in [4.69, 9.17) is 0 Å². The van der Waals surface area contributed by atoms with Gasteiger partial charge in [-0.3, -0.25) is 4.99 Å². The molecule has 0 spiro atoms. The summed E-state index contributed by atoms with van der Waals surface area (Å²) in [4.78, 5) is 9.08. The number of halogens is 1. The normalized spacial score (nSPS) is 15.3. The Balaban J connectivity index is 0.00000364. The van der Waals surface area contributed by atoms with Crippen molar-refractivity contribution in [1.29, 1.82) is 0 Å². The third kappa shape index (κ3) is 8.68. The van der Waals surface area contributed by atoms with Crippen molar-refractivity contribution in [3.63, 3.8) is 0 Å². The number of benzene rings is 1. The van der Waals surface area contributed by atoms with Crippen molar-refractivity contribution >= 4 is 35.6 Å². The van der Waals surface area contributed by atoms with Crippen LogP contribution in [0.2, 0.25) is 0 Å². The maximum Gasteiger partial charge on any atom is 0.193 e. The van der Waals surface area contributed by atoms with Gasteiger partial charge < -0.3 is 20.4 Å². The standard InChI is InChI=1S/C21H37N5.HI/c1-21(2,3)24-14-13-23-20(22-4)25(5)17-18-9-11-19(12-10-18)26-15-7-6-8-16-26;/h9-12,24H,6-8,13-17H2,1-5H3,(H,22,23);1H. The Kier molecular flexibility index (Phi) is 10.4. The predicted molar refractivity (Wildman–Crippen MR) is 129 cm³/mol.